The van der Waals surface area contributed by atoms with Crippen LogP contribution in [0.15, 0.2) is 22.8 Å². The molecule has 5 aliphatic rings. The first-order valence-electron chi connectivity index (χ1n) is 9.81. The average Bonchev–Trinajstić information content (AvgIpc) is 3.13. The van der Waals surface area contributed by atoms with Crippen molar-refractivity contribution in [2.45, 2.75) is 44.1 Å². The van der Waals surface area contributed by atoms with Crippen molar-refractivity contribution in [3.8, 4) is 0 Å². The smallest absolute Gasteiger partial charge is 0.289 e. The van der Waals surface area contributed by atoms with Crippen LogP contribution in [-0.2, 0) is 4.79 Å². The van der Waals surface area contributed by atoms with E-state index in [0.717, 1.165) is 25.7 Å². The quantitative estimate of drug-likeness (QED) is 0.876. The lowest BCUT2D eigenvalue weighted by Gasteiger charge is -2.60. The second-order valence-corrected chi connectivity index (χ2v) is 9.03. The largest absolute Gasteiger partial charge is 0.459 e. The fraction of sp³-hybridized carbons (Fsp3) is 0.700. The molecule has 1 aliphatic heterocycles. The van der Waals surface area contributed by atoms with E-state index in [1.165, 1.54) is 12.7 Å². The number of carbonyl (C=O) groups is 2. The first-order valence-corrected chi connectivity index (χ1v) is 9.81. The molecule has 140 valence electrons. The van der Waals surface area contributed by atoms with Gasteiger partial charge in [0.1, 0.15) is 0 Å². The van der Waals surface area contributed by atoms with Gasteiger partial charge in [-0.3, -0.25) is 9.59 Å². The van der Waals surface area contributed by atoms with Gasteiger partial charge in [-0.15, -0.1) is 0 Å². The van der Waals surface area contributed by atoms with Crippen LogP contribution in [0.1, 0.15) is 49.1 Å². The van der Waals surface area contributed by atoms with Crippen molar-refractivity contribution in [1.29, 1.82) is 0 Å². The molecule has 1 aromatic rings. The number of nitrogens with zero attached hydrogens (tertiary/aromatic N) is 2. The fourth-order valence-electron chi connectivity index (χ4n) is 6.47. The minimum absolute atomic E-state index is 0.105. The highest BCUT2D eigenvalue weighted by atomic mass is 16.3. The van der Waals surface area contributed by atoms with Crippen LogP contribution in [0, 0.1) is 17.3 Å². The Bertz CT molecular complexity index is 706. The highest BCUT2D eigenvalue weighted by molar-refractivity contribution is 5.91. The number of piperazine rings is 1. The molecule has 5 fully saturated rings. The van der Waals surface area contributed by atoms with Gasteiger partial charge in [0.05, 0.1) is 17.3 Å². The van der Waals surface area contributed by atoms with Gasteiger partial charge in [-0.1, -0.05) is 0 Å². The molecular formula is C20H26N2O4. The molecule has 0 spiro atoms. The standard InChI is InChI=1S/C20H26N2O4/c23-17(16-2-1-7-26-16)21-3-5-22(6-4-21)18(24)19-9-14-8-15(10-19)12-20(25,11-14)13-19/h1-2,7,14-15,25H,3-6,8-13H2. The van der Waals surface area contributed by atoms with Crippen molar-refractivity contribution in [1.82, 2.24) is 9.80 Å². The Labute approximate surface area is 153 Å². The Morgan fingerprint density at radius 1 is 1.04 bits per heavy atom. The molecule has 6 nitrogen and oxygen atoms in total. The molecular weight excluding hydrogens is 332 g/mol. The van der Waals surface area contributed by atoms with Gasteiger partial charge in [0.25, 0.3) is 5.91 Å². The Morgan fingerprint density at radius 3 is 2.27 bits per heavy atom. The molecule has 2 atom stereocenters. The molecule has 4 bridgehead atoms. The van der Waals surface area contributed by atoms with Gasteiger partial charge in [0.15, 0.2) is 5.76 Å². The third-order valence-electron chi connectivity index (χ3n) is 7.07. The third-order valence-corrected chi connectivity index (χ3v) is 7.07. The van der Waals surface area contributed by atoms with Crippen LogP contribution in [0.3, 0.4) is 0 Å². The van der Waals surface area contributed by atoms with Crippen LogP contribution in [-0.4, -0.2) is 58.5 Å². The number of hydrogen-bond acceptors (Lipinski definition) is 4. The van der Waals surface area contributed by atoms with Crippen molar-refractivity contribution in [3.63, 3.8) is 0 Å². The number of furan rings is 1. The van der Waals surface area contributed by atoms with Crippen molar-refractivity contribution in [2.75, 3.05) is 26.2 Å². The van der Waals surface area contributed by atoms with Crippen LogP contribution in [0.5, 0.6) is 0 Å². The maximum Gasteiger partial charge on any atom is 0.289 e. The summed E-state index contributed by atoms with van der Waals surface area (Å²) < 4.78 is 5.20. The summed E-state index contributed by atoms with van der Waals surface area (Å²) in [6.45, 7) is 2.22. The normalized spacial score (nSPS) is 38.7. The van der Waals surface area contributed by atoms with Crippen molar-refractivity contribution < 1.29 is 19.1 Å². The molecule has 2 amide bonds. The van der Waals surface area contributed by atoms with Gasteiger partial charge >= 0.3 is 0 Å². The maximum atomic E-state index is 13.4. The van der Waals surface area contributed by atoms with E-state index in [4.69, 9.17) is 4.42 Å². The number of amides is 2. The second kappa shape index (κ2) is 5.59. The lowest BCUT2D eigenvalue weighted by atomic mass is 9.47. The number of carbonyl (C=O) groups excluding carboxylic acids is 2. The third kappa shape index (κ3) is 2.49. The highest BCUT2D eigenvalue weighted by Crippen LogP contribution is 2.62. The van der Waals surface area contributed by atoms with Gasteiger partial charge in [-0.05, 0) is 62.5 Å². The van der Waals surface area contributed by atoms with Crippen molar-refractivity contribution >= 4 is 11.8 Å². The topological polar surface area (TPSA) is 74.0 Å². The highest BCUT2D eigenvalue weighted by Gasteiger charge is 2.60. The molecule has 1 N–H and O–H groups in total. The van der Waals surface area contributed by atoms with Crippen LogP contribution in [0.4, 0.5) is 0 Å². The predicted molar refractivity (Wildman–Crippen MR) is 93.3 cm³/mol. The Morgan fingerprint density at radius 2 is 1.69 bits per heavy atom. The number of aliphatic hydroxyl groups is 1. The minimum atomic E-state index is -0.614. The Balaban J connectivity index is 1.27. The lowest BCUT2D eigenvalue weighted by molar-refractivity contribution is -0.186. The molecule has 6 rings (SSSR count). The van der Waals surface area contributed by atoms with Crippen LogP contribution in [0.25, 0.3) is 0 Å². The summed E-state index contributed by atoms with van der Waals surface area (Å²) in [7, 11) is 0. The van der Waals surface area contributed by atoms with Gasteiger partial charge < -0.3 is 19.3 Å². The minimum Gasteiger partial charge on any atom is -0.459 e. The zero-order valence-electron chi connectivity index (χ0n) is 15.0. The summed E-state index contributed by atoms with van der Waals surface area (Å²) in [5, 5.41) is 10.9. The van der Waals surface area contributed by atoms with Gasteiger partial charge in [0, 0.05) is 26.2 Å². The van der Waals surface area contributed by atoms with Crippen LogP contribution in [0.2, 0.25) is 0 Å². The molecule has 2 heterocycles. The summed E-state index contributed by atoms with van der Waals surface area (Å²) >= 11 is 0. The van der Waals surface area contributed by atoms with E-state index in [2.05, 4.69) is 0 Å². The molecule has 26 heavy (non-hydrogen) atoms. The molecule has 0 radical (unpaired) electrons. The van der Waals surface area contributed by atoms with E-state index in [1.807, 2.05) is 4.90 Å². The van der Waals surface area contributed by atoms with Crippen LogP contribution >= 0.6 is 0 Å². The Kier molecular flexibility index (Phi) is 3.52. The summed E-state index contributed by atoms with van der Waals surface area (Å²) in [6.07, 6.45) is 6.96. The predicted octanol–water partition coefficient (Wildman–Crippen LogP) is 1.90. The van der Waals surface area contributed by atoms with Crippen LogP contribution < -0.4 is 0 Å². The molecule has 4 aliphatic carbocycles. The molecule has 0 aromatic carbocycles. The first kappa shape index (κ1) is 16.4. The van der Waals surface area contributed by atoms with E-state index < -0.39 is 5.60 Å². The molecule has 1 saturated heterocycles. The summed E-state index contributed by atoms with van der Waals surface area (Å²) in [5.41, 5.74) is -0.969. The van der Waals surface area contributed by atoms with E-state index in [1.54, 1.807) is 17.0 Å². The summed E-state index contributed by atoms with van der Waals surface area (Å²) in [5.74, 6) is 1.48. The van der Waals surface area contributed by atoms with Crippen molar-refractivity contribution in [2.24, 2.45) is 17.3 Å². The second-order valence-electron chi connectivity index (χ2n) is 9.03. The SMILES string of the molecule is O=C(c1ccco1)N1CCN(C(=O)C23CC4CC(CC(O)(C4)C2)C3)CC1. The van der Waals surface area contributed by atoms with E-state index in [9.17, 15) is 14.7 Å². The maximum absolute atomic E-state index is 13.4. The molecule has 6 heteroatoms. The molecule has 2 unspecified atom stereocenters. The van der Waals surface area contributed by atoms with E-state index in [-0.39, 0.29) is 17.2 Å². The van der Waals surface area contributed by atoms with Gasteiger partial charge in [-0.25, -0.2) is 0 Å². The summed E-state index contributed by atoms with van der Waals surface area (Å²) in [4.78, 5) is 29.5. The average molecular weight is 358 g/mol. The zero-order chi connectivity index (χ0) is 17.9. The zero-order valence-corrected chi connectivity index (χ0v) is 15.0. The molecule has 4 saturated carbocycles. The number of hydrogen-bond donors (Lipinski definition) is 1. The van der Waals surface area contributed by atoms with Crippen molar-refractivity contribution in [3.05, 3.63) is 24.2 Å². The monoisotopic (exact) mass is 358 g/mol. The fourth-order valence-corrected chi connectivity index (χ4v) is 6.47. The summed E-state index contributed by atoms with van der Waals surface area (Å²) in [6, 6.07) is 3.39. The molecule has 1 aromatic heterocycles. The van der Waals surface area contributed by atoms with E-state index in [0.29, 0.717) is 50.2 Å². The van der Waals surface area contributed by atoms with Gasteiger partial charge in [-0.2, -0.15) is 0 Å². The van der Waals surface area contributed by atoms with Gasteiger partial charge in [0.2, 0.25) is 5.91 Å². The van der Waals surface area contributed by atoms with E-state index >= 15 is 0 Å². The number of rotatable bonds is 2. The first-order chi connectivity index (χ1) is 12.5. The lowest BCUT2D eigenvalue weighted by Crippen LogP contribution is -2.62. The Hall–Kier alpha value is -1.82.